The molecule has 0 radical (unpaired) electrons. The first-order chi connectivity index (χ1) is 15.2. The van der Waals surface area contributed by atoms with Gasteiger partial charge < -0.3 is 19.5 Å². The lowest BCUT2D eigenvalue weighted by atomic mass is 10.2. The molecule has 0 saturated heterocycles. The minimum Gasteiger partial charge on any atom is -0.479 e. The quantitative estimate of drug-likeness (QED) is 0.604. The zero-order valence-corrected chi connectivity index (χ0v) is 18.5. The Hall–Kier alpha value is -3.66. The van der Waals surface area contributed by atoms with Crippen LogP contribution in [0, 0.1) is 0 Å². The van der Waals surface area contributed by atoms with Crippen molar-refractivity contribution in [1.29, 1.82) is 0 Å². The van der Waals surface area contributed by atoms with Crippen molar-refractivity contribution in [3.05, 3.63) is 54.2 Å². The van der Waals surface area contributed by atoms with Crippen LogP contribution in [0.5, 0.6) is 17.2 Å². The van der Waals surface area contributed by atoms with Gasteiger partial charge in [-0.2, -0.15) is 0 Å². The van der Waals surface area contributed by atoms with Crippen LogP contribution in [0.25, 0.3) is 0 Å². The van der Waals surface area contributed by atoms with E-state index < -0.39 is 27.8 Å². The summed E-state index contributed by atoms with van der Waals surface area (Å²) in [4.78, 5) is 28.3. The molecule has 9 nitrogen and oxygen atoms in total. The highest BCUT2D eigenvalue weighted by Crippen LogP contribution is 2.31. The van der Waals surface area contributed by atoms with E-state index in [4.69, 9.17) is 9.47 Å². The molecule has 10 heteroatoms. The highest BCUT2D eigenvalue weighted by atomic mass is 32.2. The van der Waals surface area contributed by atoms with Gasteiger partial charge in [0.05, 0.1) is 12.0 Å². The summed E-state index contributed by atoms with van der Waals surface area (Å²) in [5, 5.41) is 2.72. The average Bonchev–Trinajstić information content (AvgIpc) is 3.28. The van der Waals surface area contributed by atoms with Gasteiger partial charge in [0.15, 0.2) is 15.9 Å². The van der Waals surface area contributed by atoms with Crippen LogP contribution in [0.2, 0.25) is 0 Å². The number of carbonyl (C=O) groups is 2. The lowest BCUT2D eigenvalue weighted by Crippen LogP contribution is -2.25. The predicted molar refractivity (Wildman–Crippen MR) is 118 cm³/mol. The molecule has 1 heterocycles. The highest BCUT2D eigenvalue weighted by molar-refractivity contribution is 7.90. The van der Waals surface area contributed by atoms with Gasteiger partial charge >= 0.3 is 5.97 Å². The molecule has 1 aliphatic heterocycles. The minimum absolute atomic E-state index is 0.159. The molecule has 2 aromatic rings. The Morgan fingerprint density at radius 2 is 1.75 bits per heavy atom. The second kappa shape index (κ2) is 9.65. The van der Waals surface area contributed by atoms with E-state index in [9.17, 15) is 18.0 Å². The summed E-state index contributed by atoms with van der Waals surface area (Å²) in [5.74, 6) is -0.0433. The summed E-state index contributed by atoms with van der Waals surface area (Å²) in [6.45, 7) is 1.53. The Bertz CT molecular complexity index is 1190. The van der Waals surface area contributed by atoms with Crippen LogP contribution in [0.3, 0.4) is 0 Å². The molecule has 0 aliphatic carbocycles. The van der Waals surface area contributed by atoms with Gasteiger partial charge in [0.25, 0.3) is 5.91 Å². The van der Waals surface area contributed by atoms with E-state index in [-0.39, 0.29) is 16.3 Å². The van der Waals surface area contributed by atoms with E-state index in [1.807, 2.05) is 0 Å². The first-order valence-corrected chi connectivity index (χ1v) is 11.5. The van der Waals surface area contributed by atoms with Crippen molar-refractivity contribution < 1.29 is 32.2 Å². The Kier molecular flexibility index (Phi) is 6.94. The van der Waals surface area contributed by atoms with Crippen LogP contribution in [-0.2, 0) is 24.2 Å². The van der Waals surface area contributed by atoms with Crippen molar-refractivity contribution in [2.75, 3.05) is 18.7 Å². The van der Waals surface area contributed by atoms with Gasteiger partial charge in [-0.25, -0.2) is 13.2 Å². The van der Waals surface area contributed by atoms with Crippen molar-refractivity contribution in [3.63, 3.8) is 0 Å². The third kappa shape index (κ3) is 5.94. The molecule has 168 valence electrons. The van der Waals surface area contributed by atoms with E-state index >= 15 is 0 Å². The molecule has 0 spiro atoms. The molecule has 1 N–H and O–H groups in total. The number of anilines is 1. The van der Waals surface area contributed by atoms with Gasteiger partial charge in [-0.05, 0) is 37.3 Å². The van der Waals surface area contributed by atoms with Crippen molar-refractivity contribution in [2.45, 2.75) is 24.3 Å². The number of benzene rings is 2. The number of nitrogens with zero attached hydrogens (tertiary/aromatic N) is 1. The molecule has 0 unspecified atom stereocenters. The number of hydrogen-bond donors (Lipinski definition) is 1. The number of carbonyl (C=O) groups excluding carboxylic acids is 2. The second-order valence-corrected chi connectivity index (χ2v) is 8.93. The summed E-state index contributed by atoms with van der Waals surface area (Å²) in [7, 11) is -2.08. The standard InChI is InChI=1S/C22H22N2O7S/c1-14(22(26)29-2)30-17-11-15(24-21(25)20-5-4-10-23-20)12-18(13-17)31-16-6-8-19(9-7-16)32(3,27)28/h5-14H,4H2,1-3H3,(H,24,25)/t14-/m0/s1. The normalized spacial score (nSPS) is 13.8. The van der Waals surface area contributed by atoms with Crippen molar-refractivity contribution >= 4 is 33.6 Å². The molecule has 1 aliphatic rings. The van der Waals surface area contributed by atoms with Crippen LogP contribution >= 0.6 is 0 Å². The van der Waals surface area contributed by atoms with Gasteiger partial charge in [-0.3, -0.25) is 9.79 Å². The topological polar surface area (TPSA) is 120 Å². The number of methoxy groups -OCH3 is 1. The Balaban J connectivity index is 1.87. The molecule has 0 fully saturated rings. The molecular weight excluding hydrogens is 436 g/mol. The summed E-state index contributed by atoms with van der Waals surface area (Å²) < 4.78 is 39.4. The number of nitrogens with one attached hydrogen (secondary N) is 1. The van der Waals surface area contributed by atoms with Gasteiger partial charge in [0.1, 0.15) is 22.9 Å². The molecular formula is C22H22N2O7S. The van der Waals surface area contributed by atoms with E-state index in [1.54, 1.807) is 18.4 Å². The number of hydrogen-bond acceptors (Lipinski definition) is 8. The number of esters is 1. The fourth-order valence-electron chi connectivity index (χ4n) is 2.79. The Labute approximate surface area is 185 Å². The molecule has 0 aromatic heterocycles. The van der Waals surface area contributed by atoms with E-state index in [0.717, 1.165) is 6.26 Å². The van der Waals surface area contributed by atoms with Crippen LogP contribution < -0.4 is 14.8 Å². The largest absolute Gasteiger partial charge is 0.479 e. The highest BCUT2D eigenvalue weighted by Gasteiger charge is 2.17. The van der Waals surface area contributed by atoms with Crippen LogP contribution in [0.4, 0.5) is 5.69 Å². The maximum absolute atomic E-state index is 12.4. The molecule has 3 rings (SSSR count). The van der Waals surface area contributed by atoms with Gasteiger partial charge in [0.2, 0.25) is 0 Å². The molecule has 0 saturated carbocycles. The van der Waals surface area contributed by atoms with Crippen LogP contribution in [-0.4, -0.2) is 46.0 Å². The van der Waals surface area contributed by atoms with E-state index in [2.05, 4.69) is 15.0 Å². The summed E-state index contributed by atoms with van der Waals surface area (Å²) in [6.07, 6.45) is 4.12. The Morgan fingerprint density at radius 3 is 2.34 bits per heavy atom. The van der Waals surface area contributed by atoms with E-state index in [1.165, 1.54) is 50.4 Å². The fraction of sp³-hybridized carbons (Fsp3) is 0.227. The lowest BCUT2D eigenvalue weighted by Gasteiger charge is -2.16. The Morgan fingerprint density at radius 1 is 1.06 bits per heavy atom. The first kappa shape index (κ1) is 23.0. The summed E-state index contributed by atoms with van der Waals surface area (Å²) in [6, 6.07) is 10.5. The SMILES string of the molecule is COC(=O)[C@H](C)Oc1cc(NC(=O)C2=CCC=N2)cc(Oc2ccc(S(C)(=O)=O)cc2)c1. The zero-order chi connectivity index (χ0) is 23.3. The van der Waals surface area contributed by atoms with Gasteiger partial charge in [0, 0.05) is 42.8 Å². The number of aliphatic imine (C=N–C) groups is 1. The smallest absolute Gasteiger partial charge is 0.346 e. The fourth-order valence-corrected chi connectivity index (χ4v) is 3.43. The van der Waals surface area contributed by atoms with Crippen molar-refractivity contribution in [2.24, 2.45) is 4.99 Å². The van der Waals surface area contributed by atoms with Crippen LogP contribution in [0.15, 0.2) is 64.1 Å². The third-order valence-corrected chi connectivity index (χ3v) is 5.48. The number of amides is 1. The average molecular weight is 458 g/mol. The zero-order valence-electron chi connectivity index (χ0n) is 17.7. The maximum Gasteiger partial charge on any atom is 0.346 e. The molecule has 2 aromatic carbocycles. The summed E-state index contributed by atoms with van der Waals surface area (Å²) in [5.41, 5.74) is 0.647. The second-order valence-electron chi connectivity index (χ2n) is 6.91. The van der Waals surface area contributed by atoms with Crippen LogP contribution in [0.1, 0.15) is 13.3 Å². The lowest BCUT2D eigenvalue weighted by molar-refractivity contribution is -0.147. The van der Waals surface area contributed by atoms with Crippen molar-refractivity contribution in [1.82, 2.24) is 0 Å². The summed E-state index contributed by atoms with van der Waals surface area (Å²) >= 11 is 0. The maximum atomic E-state index is 12.4. The third-order valence-electron chi connectivity index (χ3n) is 4.35. The molecule has 1 atom stereocenters. The molecule has 1 amide bonds. The number of ether oxygens (including phenoxy) is 3. The van der Waals surface area contributed by atoms with Crippen molar-refractivity contribution in [3.8, 4) is 17.2 Å². The van der Waals surface area contributed by atoms with Gasteiger partial charge in [-0.1, -0.05) is 0 Å². The van der Waals surface area contributed by atoms with Gasteiger partial charge in [-0.15, -0.1) is 0 Å². The first-order valence-electron chi connectivity index (χ1n) is 9.57. The molecule has 0 bridgehead atoms. The predicted octanol–water partition coefficient (Wildman–Crippen LogP) is 3.12. The number of rotatable bonds is 8. The number of sulfone groups is 1. The van der Waals surface area contributed by atoms with E-state index in [0.29, 0.717) is 23.6 Å². The minimum atomic E-state index is -3.34. The number of allylic oxidation sites excluding steroid dienone is 1. The monoisotopic (exact) mass is 458 g/mol. The molecule has 32 heavy (non-hydrogen) atoms.